The predicted octanol–water partition coefficient (Wildman–Crippen LogP) is 3.19. The van der Waals surface area contributed by atoms with Gasteiger partial charge in [-0.05, 0) is 62.0 Å². The van der Waals surface area contributed by atoms with Crippen LogP contribution < -0.4 is 20.1 Å². The fraction of sp³-hybridized carbons (Fsp3) is 0.480. The van der Waals surface area contributed by atoms with Crippen molar-refractivity contribution in [3.63, 3.8) is 0 Å². The number of guanidine groups is 1. The average molecular weight is 568 g/mol. The minimum atomic E-state index is 0. The monoisotopic (exact) mass is 567 g/mol. The van der Waals surface area contributed by atoms with Crippen LogP contribution in [-0.4, -0.2) is 76.3 Å². The van der Waals surface area contributed by atoms with Crippen LogP contribution in [0.15, 0.2) is 53.5 Å². The lowest BCUT2D eigenvalue weighted by Gasteiger charge is -2.20. The molecule has 2 N–H and O–H groups in total. The zero-order valence-electron chi connectivity index (χ0n) is 20.0. The Balaban J connectivity index is 0.00000385. The molecule has 0 aromatic heterocycles. The number of likely N-dealkylation sites (N-methyl/N-ethyl adjacent to an activating group) is 1. The molecule has 0 spiro atoms. The van der Waals surface area contributed by atoms with E-state index in [2.05, 4.69) is 56.7 Å². The first-order chi connectivity index (χ1) is 15.7. The molecule has 0 aliphatic carbocycles. The lowest BCUT2D eigenvalue weighted by molar-refractivity contribution is 0.269. The molecule has 1 heterocycles. The largest absolute Gasteiger partial charge is 0.497 e. The Bertz CT molecular complexity index is 830. The van der Waals surface area contributed by atoms with Crippen LogP contribution in [0.2, 0.25) is 0 Å². The number of aliphatic imine (C=N–C) groups is 1. The summed E-state index contributed by atoms with van der Waals surface area (Å²) in [4.78, 5) is 9.26. The number of hydrogen-bond donors (Lipinski definition) is 2. The number of benzene rings is 2. The fourth-order valence-corrected chi connectivity index (χ4v) is 3.70. The normalized spacial score (nSPS) is 15.3. The number of hydrogen-bond acceptors (Lipinski definition) is 5. The van der Waals surface area contributed by atoms with Gasteiger partial charge in [-0.3, -0.25) is 9.89 Å². The Morgan fingerprint density at radius 3 is 2.30 bits per heavy atom. The molecule has 33 heavy (non-hydrogen) atoms. The maximum absolute atomic E-state index is 5.74. The van der Waals surface area contributed by atoms with Crippen molar-refractivity contribution in [3.05, 3.63) is 59.7 Å². The van der Waals surface area contributed by atoms with Crippen LogP contribution in [0.25, 0.3) is 0 Å². The molecule has 1 saturated heterocycles. The molecule has 0 unspecified atom stereocenters. The standard InChI is InChI=1S/C25H37N5O2.HI/c1-26-25(27-13-18-32-24-11-9-23(31-3)10-12-24)28-19-21-5-7-22(8-6-21)20-30-15-4-14-29(2)16-17-30;/h5-12H,4,13-20H2,1-3H3,(H2,26,27,28);1H. The summed E-state index contributed by atoms with van der Waals surface area (Å²) in [6.45, 7) is 7.64. The van der Waals surface area contributed by atoms with E-state index < -0.39 is 0 Å². The summed E-state index contributed by atoms with van der Waals surface area (Å²) in [5.41, 5.74) is 2.61. The number of nitrogens with one attached hydrogen (secondary N) is 2. The van der Waals surface area contributed by atoms with Crippen molar-refractivity contribution in [2.45, 2.75) is 19.5 Å². The summed E-state index contributed by atoms with van der Waals surface area (Å²) in [5, 5.41) is 6.65. The fourth-order valence-electron chi connectivity index (χ4n) is 3.70. The maximum Gasteiger partial charge on any atom is 0.191 e. The van der Waals surface area contributed by atoms with Crippen molar-refractivity contribution in [3.8, 4) is 11.5 Å². The van der Waals surface area contributed by atoms with Gasteiger partial charge in [0.15, 0.2) is 5.96 Å². The third-order valence-corrected chi connectivity index (χ3v) is 5.65. The molecular weight excluding hydrogens is 529 g/mol. The molecule has 182 valence electrons. The average Bonchev–Trinajstić information content (AvgIpc) is 3.03. The van der Waals surface area contributed by atoms with Gasteiger partial charge in [0.25, 0.3) is 0 Å². The summed E-state index contributed by atoms with van der Waals surface area (Å²) in [7, 11) is 5.64. The molecule has 3 rings (SSSR count). The van der Waals surface area contributed by atoms with Gasteiger partial charge in [0.1, 0.15) is 18.1 Å². The highest BCUT2D eigenvalue weighted by atomic mass is 127. The van der Waals surface area contributed by atoms with E-state index in [9.17, 15) is 0 Å². The van der Waals surface area contributed by atoms with Crippen molar-refractivity contribution in [1.82, 2.24) is 20.4 Å². The van der Waals surface area contributed by atoms with Crippen molar-refractivity contribution in [1.29, 1.82) is 0 Å². The lowest BCUT2D eigenvalue weighted by atomic mass is 10.1. The number of halogens is 1. The molecule has 0 saturated carbocycles. The minimum absolute atomic E-state index is 0. The summed E-state index contributed by atoms with van der Waals surface area (Å²) >= 11 is 0. The van der Waals surface area contributed by atoms with Gasteiger partial charge in [0.2, 0.25) is 0 Å². The van der Waals surface area contributed by atoms with Crippen molar-refractivity contribution in [2.75, 3.05) is 60.5 Å². The van der Waals surface area contributed by atoms with Gasteiger partial charge >= 0.3 is 0 Å². The SMILES string of the molecule is CN=C(NCCOc1ccc(OC)cc1)NCc1ccc(CN2CCCN(C)CC2)cc1.I. The Morgan fingerprint density at radius 1 is 0.909 bits per heavy atom. The second-order valence-corrected chi connectivity index (χ2v) is 8.13. The first-order valence-electron chi connectivity index (χ1n) is 11.4. The summed E-state index contributed by atoms with van der Waals surface area (Å²) < 4.78 is 10.9. The smallest absolute Gasteiger partial charge is 0.191 e. The zero-order chi connectivity index (χ0) is 22.6. The number of nitrogens with zero attached hydrogens (tertiary/aromatic N) is 3. The van der Waals surface area contributed by atoms with Gasteiger partial charge < -0.3 is 25.0 Å². The Hall–Kier alpha value is -2.04. The number of rotatable bonds is 9. The number of methoxy groups -OCH3 is 1. The van der Waals surface area contributed by atoms with Crippen LogP contribution >= 0.6 is 24.0 Å². The van der Waals surface area contributed by atoms with E-state index in [1.54, 1.807) is 14.2 Å². The highest BCUT2D eigenvalue weighted by Gasteiger charge is 2.12. The Labute approximate surface area is 215 Å². The second kappa shape index (κ2) is 15.0. The van der Waals surface area contributed by atoms with Gasteiger partial charge in [-0.25, -0.2) is 0 Å². The first kappa shape index (κ1) is 27.2. The van der Waals surface area contributed by atoms with Crippen molar-refractivity contribution >= 4 is 29.9 Å². The molecule has 1 aliphatic heterocycles. The summed E-state index contributed by atoms with van der Waals surface area (Å²) in [6, 6.07) is 16.5. The van der Waals surface area contributed by atoms with Gasteiger partial charge in [-0.15, -0.1) is 24.0 Å². The molecule has 1 fully saturated rings. The van der Waals surface area contributed by atoms with Gasteiger partial charge in [0.05, 0.1) is 13.7 Å². The van der Waals surface area contributed by atoms with E-state index in [0.717, 1.165) is 43.6 Å². The van der Waals surface area contributed by atoms with Gasteiger partial charge in [-0.1, -0.05) is 24.3 Å². The molecular formula is C25H38IN5O2. The molecule has 1 aliphatic rings. The summed E-state index contributed by atoms with van der Waals surface area (Å²) in [5.74, 6) is 2.41. The van der Waals surface area contributed by atoms with Crippen LogP contribution in [0.4, 0.5) is 0 Å². The molecule has 2 aromatic carbocycles. The van der Waals surface area contributed by atoms with Gasteiger partial charge in [-0.2, -0.15) is 0 Å². The quantitative estimate of drug-likeness (QED) is 0.210. The van der Waals surface area contributed by atoms with Crippen LogP contribution in [0, 0.1) is 0 Å². The molecule has 8 heteroatoms. The third kappa shape index (κ3) is 9.77. The highest BCUT2D eigenvalue weighted by molar-refractivity contribution is 14.0. The van der Waals surface area contributed by atoms with E-state index in [4.69, 9.17) is 9.47 Å². The second-order valence-electron chi connectivity index (χ2n) is 8.13. The lowest BCUT2D eigenvalue weighted by Crippen LogP contribution is -2.38. The molecule has 0 amide bonds. The van der Waals surface area contributed by atoms with E-state index in [0.29, 0.717) is 13.2 Å². The zero-order valence-corrected chi connectivity index (χ0v) is 22.4. The molecule has 2 aromatic rings. The van der Waals surface area contributed by atoms with Crippen molar-refractivity contribution < 1.29 is 9.47 Å². The first-order valence-corrected chi connectivity index (χ1v) is 11.4. The molecule has 0 bridgehead atoms. The molecule has 7 nitrogen and oxygen atoms in total. The molecule has 0 radical (unpaired) electrons. The maximum atomic E-state index is 5.74. The Morgan fingerprint density at radius 2 is 1.61 bits per heavy atom. The molecule has 0 atom stereocenters. The van der Waals surface area contributed by atoms with Crippen LogP contribution in [-0.2, 0) is 13.1 Å². The Kier molecular flexibility index (Phi) is 12.3. The van der Waals surface area contributed by atoms with E-state index in [-0.39, 0.29) is 24.0 Å². The van der Waals surface area contributed by atoms with Crippen LogP contribution in [0.1, 0.15) is 17.5 Å². The predicted molar refractivity (Wildman–Crippen MR) is 146 cm³/mol. The highest BCUT2D eigenvalue weighted by Crippen LogP contribution is 2.16. The van der Waals surface area contributed by atoms with Crippen molar-refractivity contribution in [2.24, 2.45) is 4.99 Å². The summed E-state index contributed by atoms with van der Waals surface area (Å²) in [6.07, 6.45) is 1.25. The third-order valence-electron chi connectivity index (χ3n) is 5.65. The van der Waals surface area contributed by atoms with E-state index >= 15 is 0 Å². The van der Waals surface area contributed by atoms with Gasteiger partial charge in [0, 0.05) is 33.2 Å². The topological polar surface area (TPSA) is 61.4 Å². The van der Waals surface area contributed by atoms with E-state index in [1.165, 1.54) is 30.6 Å². The van der Waals surface area contributed by atoms with Crippen LogP contribution in [0.3, 0.4) is 0 Å². The minimum Gasteiger partial charge on any atom is -0.497 e. The number of ether oxygens (including phenoxy) is 2. The van der Waals surface area contributed by atoms with E-state index in [1.807, 2.05) is 24.3 Å². The van der Waals surface area contributed by atoms with Crippen LogP contribution in [0.5, 0.6) is 11.5 Å².